The van der Waals surface area contributed by atoms with E-state index < -0.39 is 12.1 Å². The zero-order valence-electron chi connectivity index (χ0n) is 12.6. The van der Waals surface area contributed by atoms with Gasteiger partial charge in [0.25, 0.3) is 0 Å². The number of ether oxygens (including phenoxy) is 1. The Kier molecular flexibility index (Phi) is 8.17. The van der Waals surface area contributed by atoms with Gasteiger partial charge in [-0.15, -0.1) is 0 Å². The fourth-order valence-corrected chi connectivity index (χ4v) is 2.13. The van der Waals surface area contributed by atoms with Crippen LogP contribution in [0.2, 0.25) is 0 Å². The third-order valence-electron chi connectivity index (χ3n) is 3.38. The van der Waals surface area contributed by atoms with Crippen LogP contribution in [0.5, 0.6) is 5.75 Å². The summed E-state index contributed by atoms with van der Waals surface area (Å²) in [5.41, 5.74) is 0.209. The minimum Gasteiger partial charge on any atom is -0.483 e. The summed E-state index contributed by atoms with van der Waals surface area (Å²) in [6, 6.07) is 6.12. The molecule has 0 amide bonds. The first kappa shape index (κ1) is 17.2. The monoisotopic (exact) mass is 292 g/mol. The lowest BCUT2D eigenvalue weighted by molar-refractivity contribution is -0.114. The van der Waals surface area contributed by atoms with Gasteiger partial charge in [0.1, 0.15) is 5.75 Å². The van der Waals surface area contributed by atoms with Gasteiger partial charge in [-0.1, -0.05) is 39.0 Å². The van der Waals surface area contributed by atoms with Crippen LogP contribution in [0.3, 0.4) is 0 Å². The summed E-state index contributed by atoms with van der Waals surface area (Å²) in [5.74, 6) is -0.441. The zero-order chi connectivity index (χ0) is 15.5. The van der Waals surface area contributed by atoms with Gasteiger partial charge in [-0.25, -0.2) is 4.79 Å². The molecule has 0 fully saturated rings. The van der Waals surface area contributed by atoms with Gasteiger partial charge in [-0.3, -0.25) is 4.79 Å². The van der Waals surface area contributed by atoms with Crippen molar-refractivity contribution in [3.63, 3.8) is 0 Å². The van der Waals surface area contributed by atoms with Crippen molar-refractivity contribution >= 4 is 12.3 Å². The molecule has 0 aliphatic rings. The second kappa shape index (κ2) is 9.97. The summed E-state index contributed by atoms with van der Waals surface area (Å²) in [7, 11) is 0. The maximum absolute atomic E-state index is 11.0. The second-order valence-electron chi connectivity index (χ2n) is 5.18. The summed E-state index contributed by atoms with van der Waals surface area (Å²) < 4.78 is 5.57. The van der Waals surface area contributed by atoms with Crippen molar-refractivity contribution in [2.45, 2.75) is 58.0 Å². The number of carbonyl (C=O) groups is 2. The van der Waals surface area contributed by atoms with Crippen LogP contribution in [0.4, 0.5) is 0 Å². The van der Waals surface area contributed by atoms with Crippen molar-refractivity contribution in [3.05, 3.63) is 29.8 Å². The molecule has 1 aromatic carbocycles. The molecule has 1 unspecified atom stereocenters. The molecule has 0 radical (unpaired) electrons. The Morgan fingerprint density at radius 1 is 1.14 bits per heavy atom. The first-order valence-corrected chi connectivity index (χ1v) is 7.62. The van der Waals surface area contributed by atoms with Crippen LogP contribution in [0, 0.1) is 0 Å². The standard InChI is InChI=1S/C17H24O4/c1-2-3-4-5-6-7-8-16(13-18)21-15-11-9-14(10-12-15)17(19)20/h9-13,16H,2-8H2,1H3,(H,19,20). The molecule has 0 bridgehead atoms. The van der Waals surface area contributed by atoms with Gasteiger partial charge in [0.2, 0.25) is 0 Å². The van der Waals surface area contributed by atoms with E-state index in [0.717, 1.165) is 19.1 Å². The van der Waals surface area contributed by atoms with Gasteiger partial charge in [0.05, 0.1) is 5.56 Å². The highest BCUT2D eigenvalue weighted by atomic mass is 16.5. The predicted molar refractivity (Wildman–Crippen MR) is 81.9 cm³/mol. The maximum Gasteiger partial charge on any atom is 0.335 e. The summed E-state index contributed by atoms with van der Waals surface area (Å²) >= 11 is 0. The van der Waals surface area contributed by atoms with Crippen LogP contribution in [0.15, 0.2) is 24.3 Å². The Balaban J connectivity index is 2.32. The third kappa shape index (κ3) is 6.93. The summed E-state index contributed by atoms with van der Waals surface area (Å²) in [4.78, 5) is 21.8. The van der Waals surface area contributed by atoms with Crippen LogP contribution in [-0.4, -0.2) is 23.5 Å². The molecule has 116 valence electrons. The van der Waals surface area contributed by atoms with E-state index in [1.807, 2.05) is 0 Å². The molecular weight excluding hydrogens is 268 g/mol. The molecule has 0 spiro atoms. The van der Waals surface area contributed by atoms with E-state index >= 15 is 0 Å². The Bertz CT molecular complexity index is 425. The summed E-state index contributed by atoms with van der Waals surface area (Å²) in [5, 5.41) is 8.81. The third-order valence-corrected chi connectivity index (χ3v) is 3.38. The number of benzene rings is 1. The Labute approximate surface area is 126 Å². The van der Waals surface area contributed by atoms with Gasteiger partial charge >= 0.3 is 5.97 Å². The minimum absolute atomic E-state index is 0.209. The predicted octanol–water partition coefficient (Wildman–Crippen LogP) is 4.08. The highest BCUT2D eigenvalue weighted by Crippen LogP contribution is 2.16. The number of aromatic carboxylic acids is 1. The fraction of sp³-hybridized carbons (Fsp3) is 0.529. The lowest BCUT2D eigenvalue weighted by Gasteiger charge is -2.13. The van der Waals surface area contributed by atoms with Gasteiger partial charge in [0.15, 0.2) is 12.4 Å². The molecule has 1 rings (SSSR count). The molecule has 21 heavy (non-hydrogen) atoms. The van der Waals surface area contributed by atoms with E-state index in [1.54, 1.807) is 12.1 Å². The molecular formula is C17H24O4. The van der Waals surface area contributed by atoms with Gasteiger partial charge < -0.3 is 9.84 Å². The quantitative estimate of drug-likeness (QED) is 0.493. The van der Waals surface area contributed by atoms with Crippen molar-refractivity contribution < 1.29 is 19.4 Å². The van der Waals surface area contributed by atoms with E-state index in [0.29, 0.717) is 12.2 Å². The first-order chi connectivity index (χ1) is 10.2. The van der Waals surface area contributed by atoms with E-state index in [9.17, 15) is 9.59 Å². The minimum atomic E-state index is -0.972. The molecule has 4 heteroatoms. The Hall–Kier alpha value is -1.84. The molecule has 0 heterocycles. The van der Waals surface area contributed by atoms with Crippen LogP contribution >= 0.6 is 0 Å². The lowest BCUT2D eigenvalue weighted by Crippen LogP contribution is -2.18. The number of hydrogen-bond acceptors (Lipinski definition) is 3. The molecule has 1 atom stereocenters. The first-order valence-electron chi connectivity index (χ1n) is 7.62. The summed E-state index contributed by atoms with van der Waals surface area (Å²) in [6.45, 7) is 2.19. The number of unbranched alkanes of at least 4 members (excludes halogenated alkanes) is 5. The average Bonchev–Trinajstić information content (AvgIpc) is 2.50. The number of aldehydes is 1. The molecule has 0 aliphatic heterocycles. The van der Waals surface area contributed by atoms with E-state index in [4.69, 9.17) is 9.84 Å². The Morgan fingerprint density at radius 2 is 1.76 bits per heavy atom. The van der Waals surface area contributed by atoms with Crippen LogP contribution < -0.4 is 4.74 Å². The lowest BCUT2D eigenvalue weighted by atomic mass is 10.1. The number of hydrogen-bond donors (Lipinski definition) is 1. The highest BCUT2D eigenvalue weighted by molar-refractivity contribution is 5.87. The van der Waals surface area contributed by atoms with Crippen LogP contribution in [-0.2, 0) is 4.79 Å². The van der Waals surface area contributed by atoms with Crippen molar-refractivity contribution in [3.8, 4) is 5.75 Å². The SMILES string of the molecule is CCCCCCCCC(C=O)Oc1ccc(C(=O)O)cc1. The number of rotatable bonds is 11. The van der Waals surface area contributed by atoms with E-state index in [2.05, 4.69) is 6.92 Å². The number of carboxylic acid groups (broad SMARTS) is 1. The maximum atomic E-state index is 11.0. The molecule has 0 aromatic heterocycles. The molecule has 1 aromatic rings. The van der Waals surface area contributed by atoms with Crippen molar-refractivity contribution in [2.24, 2.45) is 0 Å². The largest absolute Gasteiger partial charge is 0.483 e. The van der Waals surface area contributed by atoms with Crippen molar-refractivity contribution in [2.75, 3.05) is 0 Å². The molecule has 1 N–H and O–H groups in total. The van der Waals surface area contributed by atoms with Crippen molar-refractivity contribution in [1.82, 2.24) is 0 Å². The van der Waals surface area contributed by atoms with Gasteiger partial charge in [0, 0.05) is 0 Å². The van der Waals surface area contributed by atoms with Crippen LogP contribution in [0.1, 0.15) is 62.2 Å². The topological polar surface area (TPSA) is 63.6 Å². The zero-order valence-corrected chi connectivity index (χ0v) is 12.6. The van der Waals surface area contributed by atoms with Gasteiger partial charge in [-0.2, -0.15) is 0 Å². The fourth-order valence-electron chi connectivity index (χ4n) is 2.13. The molecule has 0 aliphatic carbocycles. The molecule has 4 nitrogen and oxygen atoms in total. The van der Waals surface area contributed by atoms with E-state index in [1.165, 1.54) is 37.8 Å². The second-order valence-corrected chi connectivity index (χ2v) is 5.18. The molecule has 0 saturated carbocycles. The Morgan fingerprint density at radius 3 is 2.33 bits per heavy atom. The number of carbonyl (C=O) groups excluding carboxylic acids is 1. The average molecular weight is 292 g/mol. The van der Waals surface area contributed by atoms with E-state index in [-0.39, 0.29) is 5.56 Å². The van der Waals surface area contributed by atoms with Gasteiger partial charge in [-0.05, 0) is 37.1 Å². The normalized spacial score (nSPS) is 11.9. The van der Waals surface area contributed by atoms with Crippen LogP contribution in [0.25, 0.3) is 0 Å². The smallest absolute Gasteiger partial charge is 0.335 e. The highest BCUT2D eigenvalue weighted by Gasteiger charge is 2.09. The van der Waals surface area contributed by atoms with Crippen molar-refractivity contribution in [1.29, 1.82) is 0 Å². The number of carboxylic acids is 1. The summed E-state index contributed by atoms with van der Waals surface area (Å²) in [6.07, 6.45) is 8.11. The molecule has 0 saturated heterocycles.